The molecule has 0 N–H and O–H groups in total. The Morgan fingerprint density at radius 2 is 0.852 bits per heavy atom. The van der Waals surface area contributed by atoms with Crippen molar-refractivity contribution in [3.8, 4) is 11.5 Å². The van der Waals surface area contributed by atoms with Gasteiger partial charge in [0.15, 0.2) is 0 Å². The zero-order valence-electron chi connectivity index (χ0n) is 18.1. The van der Waals surface area contributed by atoms with Gasteiger partial charge in [0.2, 0.25) is 0 Å². The predicted octanol–water partition coefficient (Wildman–Crippen LogP) is 7.78. The van der Waals surface area contributed by atoms with E-state index in [-0.39, 0.29) is 0 Å². The van der Waals surface area contributed by atoms with Gasteiger partial charge in [-0.05, 0) is 0 Å². The zero-order chi connectivity index (χ0) is 19.4. The van der Waals surface area contributed by atoms with E-state index in [1.54, 1.807) is 0 Å². The van der Waals surface area contributed by atoms with Crippen LogP contribution in [0.5, 0.6) is 11.5 Å². The number of rotatable bonds is 20. The van der Waals surface area contributed by atoms with Gasteiger partial charge in [0.05, 0.1) is 0 Å². The molecule has 0 bridgehead atoms. The molecule has 1 heterocycles. The van der Waals surface area contributed by atoms with Crippen molar-refractivity contribution in [1.29, 1.82) is 0 Å². The quantitative estimate of drug-likeness (QED) is 0.151. The van der Waals surface area contributed by atoms with Crippen LogP contribution in [0.1, 0.15) is 117 Å². The van der Waals surface area contributed by atoms with Gasteiger partial charge in [-0.25, -0.2) is 0 Å². The molecule has 0 fully saturated rings. The fourth-order valence-corrected chi connectivity index (χ4v) is 4.75. The first-order chi connectivity index (χ1) is 13.4. The van der Waals surface area contributed by atoms with Gasteiger partial charge in [-0.15, -0.1) is 0 Å². The van der Waals surface area contributed by atoms with Crippen LogP contribution in [0.15, 0.2) is 9.88 Å². The summed E-state index contributed by atoms with van der Waals surface area (Å²) < 4.78 is 12.0. The van der Waals surface area contributed by atoms with Crippen molar-refractivity contribution in [3.63, 3.8) is 0 Å². The van der Waals surface area contributed by atoms with Gasteiger partial charge < -0.3 is 0 Å². The second-order valence-corrected chi connectivity index (χ2v) is 9.31. The third kappa shape index (κ3) is 14.3. The molecule has 0 radical (unpaired) electrons. The SMILES string of the molecule is CCCCCCCCCCOc1c[se]cc1OCCCCCCCCCC. The van der Waals surface area contributed by atoms with Crippen LogP contribution in [-0.2, 0) is 0 Å². The van der Waals surface area contributed by atoms with E-state index in [4.69, 9.17) is 9.47 Å². The molecule has 0 aliphatic heterocycles. The Morgan fingerprint density at radius 1 is 0.519 bits per heavy atom. The summed E-state index contributed by atoms with van der Waals surface area (Å²) in [6, 6.07) is 0. The summed E-state index contributed by atoms with van der Waals surface area (Å²) in [7, 11) is 0. The third-order valence-corrected chi connectivity index (χ3v) is 6.57. The van der Waals surface area contributed by atoms with E-state index < -0.39 is 0 Å². The van der Waals surface area contributed by atoms with Crippen molar-refractivity contribution in [2.24, 2.45) is 0 Å². The van der Waals surface area contributed by atoms with Crippen molar-refractivity contribution in [3.05, 3.63) is 9.88 Å². The minimum atomic E-state index is 0.420. The Labute approximate surface area is 175 Å². The Bertz CT molecular complexity index is 380. The van der Waals surface area contributed by atoms with Crippen LogP contribution >= 0.6 is 0 Å². The van der Waals surface area contributed by atoms with Gasteiger partial charge in [0.25, 0.3) is 0 Å². The molecule has 0 saturated carbocycles. The molecular formula is C24H44O2Se. The average molecular weight is 444 g/mol. The minimum Gasteiger partial charge on any atom is -0.0654 e. The van der Waals surface area contributed by atoms with E-state index in [1.165, 1.54) is 103 Å². The first kappa shape index (κ1) is 24.6. The molecule has 2 nitrogen and oxygen atoms in total. The summed E-state index contributed by atoms with van der Waals surface area (Å²) in [6.45, 7) is 6.24. The molecule has 0 amide bonds. The molecule has 27 heavy (non-hydrogen) atoms. The third-order valence-electron chi connectivity index (χ3n) is 5.10. The van der Waals surface area contributed by atoms with E-state index in [1.807, 2.05) is 0 Å². The first-order valence-electron chi connectivity index (χ1n) is 11.7. The summed E-state index contributed by atoms with van der Waals surface area (Å²) in [5, 5.41) is 0. The molecular weight excluding hydrogens is 399 g/mol. The fraction of sp³-hybridized carbons (Fsp3) is 0.833. The summed E-state index contributed by atoms with van der Waals surface area (Å²) in [4.78, 5) is 4.45. The van der Waals surface area contributed by atoms with Gasteiger partial charge in [0.1, 0.15) is 0 Å². The van der Waals surface area contributed by atoms with Crippen LogP contribution in [0, 0.1) is 0 Å². The molecule has 1 aromatic heterocycles. The van der Waals surface area contributed by atoms with Crippen molar-refractivity contribution < 1.29 is 9.47 Å². The van der Waals surface area contributed by atoms with Crippen LogP contribution in [0.25, 0.3) is 0 Å². The van der Waals surface area contributed by atoms with E-state index >= 15 is 0 Å². The summed E-state index contributed by atoms with van der Waals surface area (Å²) in [6.07, 6.45) is 21.5. The molecule has 0 aliphatic rings. The van der Waals surface area contributed by atoms with Gasteiger partial charge >= 0.3 is 161 Å². The smallest absolute Gasteiger partial charge is 0.0654 e. The van der Waals surface area contributed by atoms with Gasteiger partial charge in [-0.2, -0.15) is 0 Å². The van der Waals surface area contributed by atoms with Crippen molar-refractivity contribution >= 4 is 14.5 Å². The Balaban J connectivity index is 1.96. The molecule has 0 unspecified atom stereocenters. The van der Waals surface area contributed by atoms with Crippen molar-refractivity contribution in [1.82, 2.24) is 0 Å². The molecule has 0 spiro atoms. The zero-order valence-corrected chi connectivity index (χ0v) is 19.8. The fourth-order valence-electron chi connectivity index (χ4n) is 3.32. The Morgan fingerprint density at radius 3 is 1.22 bits per heavy atom. The topological polar surface area (TPSA) is 18.5 Å². The Hall–Kier alpha value is -0.401. The minimum absolute atomic E-state index is 0.420. The van der Waals surface area contributed by atoms with E-state index in [0.29, 0.717) is 14.5 Å². The van der Waals surface area contributed by atoms with Crippen molar-refractivity contribution in [2.45, 2.75) is 117 Å². The second-order valence-electron chi connectivity index (χ2n) is 7.75. The van der Waals surface area contributed by atoms with Crippen LogP contribution in [-0.4, -0.2) is 27.7 Å². The summed E-state index contributed by atoms with van der Waals surface area (Å²) in [5.41, 5.74) is 0. The number of ether oxygens (including phenoxy) is 2. The normalized spacial score (nSPS) is 11.0. The standard InChI is InChI=1S/C24H44O2Se/c1-3-5-7-9-11-13-15-17-19-25-23-21-27-22-24(23)26-20-18-16-14-12-10-8-6-4-2/h21-22H,3-20H2,1-2H3. The number of hydrogen-bond donors (Lipinski definition) is 0. The van der Waals surface area contributed by atoms with Gasteiger partial charge in [0, 0.05) is 0 Å². The molecule has 1 aromatic rings. The maximum atomic E-state index is 5.98. The number of unbranched alkanes of at least 4 members (excludes halogenated alkanes) is 14. The molecule has 3 heteroatoms. The van der Waals surface area contributed by atoms with E-state index in [0.717, 1.165) is 24.7 Å². The second kappa shape index (κ2) is 18.9. The Kier molecular flexibility index (Phi) is 17.3. The molecule has 1 rings (SSSR count). The average Bonchev–Trinajstić information content (AvgIpc) is 3.12. The van der Waals surface area contributed by atoms with Gasteiger partial charge in [-0.1, -0.05) is 13.8 Å². The molecule has 158 valence electrons. The van der Waals surface area contributed by atoms with E-state index in [9.17, 15) is 0 Å². The molecule has 0 atom stereocenters. The maximum absolute atomic E-state index is 5.98. The molecule has 0 saturated heterocycles. The summed E-state index contributed by atoms with van der Waals surface area (Å²) >= 11 is 0.420. The number of hydrogen-bond acceptors (Lipinski definition) is 2. The first-order valence-corrected chi connectivity index (χ1v) is 13.7. The monoisotopic (exact) mass is 444 g/mol. The molecule has 0 aliphatic carbocycles. The van der Waals surface area contributed by atoms with Crippen LogP contribution in [0.4, 0.5) is 0 Å². The van der Waals surface area contributed by atoms with Gasteiger partial charge in [-0.3, -0.25) is 0 Å². The van der Waals surface area contributed by atoms with Crippen molar-refractivity contribution in [2.75, 3.05) is 13.2 Å². The van der Waals surface area contributed by atoms with Crippen LogP contribution in [0.2, 0.25) is 0 Å². The van der Waals surface area contributed by atoms with E-state index in [2.05, 4.69) is 23.7 Å². The molecule has 0 aromatic carbocycles. The van der Waals surface area contributed by atoms with Crippen LogP contribution < -0.4 is 9.47 Å². The van der Waals surface area contributed by atoms with Crippen LogP contribution in [0.3, 0.4) is 0 Å². The predicted molar refractivity (Wildman–Crippen MR) is 120 cm³/mol. The summed E-state index contributed by atoms with van der Waals surface area (Å²) in [5.74, 6) is 2.02.